The van der Waals surface area contributed by atoms with E-state index in [0.717, 1.165) is 14.9 Å². The number of nitrogens with one attached hydrogen (secondary N) is 1. The van der Waals surface area contributed by atoms with Crippen molar-refractivity contribution in [1.82, 2.24) is 5.32 Å². The number of carbonyl (C=O) groups excluding carboxylic acids is 2. The zero-order valence-corrected chi connectivity index (χ0v) is 17.7. The van der Waals surface area contributed by atoms with Crippen LogP contribution >= 0.6 is 27.7 Å². The van der Waals surface area contributed by atoms with E-state index in [4.69, 9.17) is 14.2 Å². The minimum absolute atomic E-state index is 0.0680. The van der Waals surface area contributed by atoms with E-state index in [1.165, 1.54) is 18.9 Å². The summed E-state index contributed by atoms with van der Waals surface area (Å²) in [6.07, 6.45) is 0.0680. The Morgan fingerprint density at radius 2 is 1.86 bits per heavy atom. The molecule has 3 rings (SSSR count). The molecule has 8 heteroatoms. The second-order valence-electron chi connectivity index (χ2n) is 6.05. The highest BCUT2D eigenvalue weighted by Crippen LogP contribution is 2.34. The van der Waals surface area contributed by atoms with Crippen molar-refractivity contribution < 1.29 is 23.8 Å². The van der Waals surface area contributed by atoms with Gasteiger partial charge < -0.3 is 19.5 Å². The Bertz CT molecular complexity index is 843. The number of carbonyl (C=O) groups is 2. The zero-order chi connectivity index (χ0) is 19.9. The third kappa shape index (κ3) is 5.65. The van der Waals surface area contributed by atoms with E-state index >= 15 is 0 Å². The molecule has 1 N–H and O–H groups in total. The summed E-state index contributed by atoms with van der Waals surface area (Å²) < 4.78 is 16.7. The number of hydrogen-bond acceptors (Lipinski definition) is 6. The van der Waals surface area contributed by atoms with Crippen LogP contribution in [0.25, 0.3) is 0 Å². The van der Waals surface area contributed by atoms with E-state index in [2.05, 4.69) is 21.2 Å². The van der Waals surface area contributed by atoms with Crippen molar-refractivity contribution in [3.8, 4) is 11.5 Å². The van der Waals surface area contributed by atoms with Crippen molar-refractivity contribution in [3.05, 3.63) is 52.5 Å². The van der Waals surface area contributed by atoms with Crippen molar-refractivity contribution >= 4 is 39.6 Å². The number of hydrogen-bond donors (Lipinski definition) is 1. The predicted molar refractivity (Wildman–Crippen MR) is 110 cm³/mol. The van der Waals surface area contributed by atoms with Gasteiger partial charge in [0, 0.05) is 9.37 Å². The van der Waals surface area contributed by atoms with Gasteiger partial charge >= 0.3 is 5.97 Å². The summed E-state index contributed by atoms with van der Waals surface area (Å²) >= 11 is 4.78. The van der Waals surface area contributed by atoms with Crippen LogP contribution in [0.3, 0.4) is 0 Å². The van der Waals surface area contributed by atoms with Crippen LogP contribution in [0.1, 0.15) is 18.0 Å². The Kier molecular flexibility index (Phi) is 7.22. The maximum atomic E-state index is 12.5. The van der Waals surface area contributed by atoms with E-state index in [1.807, 2.05) is 42.5 Å². The fraction of sp³-hybridized carbons (Fsp3) is 0.300. The molecule has 0 aromatic heterocycles. The average Bonchev–Trinajstić information content (AvgIpc) is 2.72. The van der Waals surface area contributed by atoms with Crippen molar-refractivity contribution in [2.24, 2.45) is 0 Å². The number of esters is 1. The Labute approximate surface area is 176 Å². The summed E-state index contributed by atoms with van der Waals surface area (Å²) in [5.74, 6) is 1.07. The standard InChI is InChI=1S/C20H20BrNO5S/c1-25-20(24)11-16(13-2-4-14(21)5-3-13)22-19(23)12-28-15-6-7-17-18(10-15)27-9-8-26-17/h2-7,10,16H,8-9,11-12H2,1H3,(H,22,23). The van der Waals surface area contributed by atoms with Gasteiger partial charge in [0.2, 0.25) is 5.91 Å². The Morgan fingerprint density at radius 1 is 1.14 bits per heavy atom. The fourth-order valence-electron chi connectivity index (χ4n) is 2.70. The van der Waals surface area contributed by atoms with Crippen molar-refractivity contribution in [2.75, 3.05) is 26.1 Å². The largest absolute Gasteiger partial charge is 0.486 e. The highest BCUT2D eigenvalue weighted by atomic mass is 79.9. The number of fused-ring (bicyclic) bond motifs is 1. The molecule has 0 saturated heterocycles. The number of rotatable bonds is 7. The van der Waals surface area contributed by atoms with E-state index in [0.29, 0.717) is 24.7 Å². The summed E-state index contributed by atoms with van der Waals surface area (Å²) in [4.78, 5) is 25.1. The molecule has 2 aromatic rings. The number of thioether (sulfide) groups is 1. The molecule has 6 nitrogen and oxygen atoms in total. The maximum Gasteiger partial charge on any atom is 0.307 e. The van der Waals surface area contributed by atoms with Gasteiger partial charge in [0.05, 0.1) is 25.3 Å². The van der Waals surface area contributed by atoms with Gasteiger partial charge in [-0.2, -0.15) is 0 Å². The number of amides is 1. The first-order chi connectivity index (χ1) is 13.5. The van der Waals surface area contributed by atoms with E-state index in [1.54, 1.807) is 0 Å². The summed E-state index contributed by atoms with van der Waals surface area (Å²) in [6.45, 7) is 1.06. The molecule has 1 heterocycles. The summed E-state index contributed by atoms with van der Waals surface area (Å²) in [6, 6.07) is 12.6. The van der Waals surface area contributed by atoms with Crippen LogP contribution in [-0.2, 0) is 14.3 Å². The molecule has 0 bridgehead atoms. The van der Waals surface area contributed by atoms with Gasteiger partial charge in [-0.25, -0.2) is 0 Å². The number of ether oxygens (including phenoxy) is 3. The lowest BCUT2D eigenvalue weighted by molar-refractivity contribution is -0.141. The summed E-state index contributed by atoms with van der Waals surface area (Å²) in [5, 5.41) is 2.92. The molecular formula is C20H20BrNO5S. The lowest BCUT2D eigenvalue weighted by Gasteiger charge is -2.19. The maximum absolute atomic E-state index is 12.5. The van der Waals surface area contributed by atoms with Crippen molar-refractivity contribution in [1.29, 1.82) is 0 Å². The molecule has 1 unspecified atom stereocenters. The molecule has 1 aliphatic rings. The minimum Gasteiger partial charge on any atom is -0.486 e. The average molecular weight is 466 g/mol. The van der Waals surface area contributed by atoms with Gasteiger partial charge in [-0.15, -0.1) is 11.8 Å². The molecule has 1 atom stereocenters. The highest BCUT2D eigenvalue weighted by molar-refractivity contribution is 9.10. The molecule has 0 aliphatic carbocycles. The Balaban J connectivity index is 1.61. The first-order valence-corrected chi connectivity index (χ1v) is 10.5. The van der Waals surface area contributed by atoms with Crippen molar-refractivity contribution in [3.63, 3.8) is 0 Å². The van der Waals surface area contributed by atoms with Gasteiger partial charge in [-0.3, -0.25) is 9.59 Å². The van der Waals surface area contributed by atoms with Crippen LogP contribution in [0.4, 0.5) is 0 Å². The van der Waals surface area contributed by atoms with Crippen LogP contribution in [0.15, 0.2) is 51.8 Å². The third-order valence-corrected chi connectivity index (χ3v) is 5.61. The minimum atomic E-state index is -0.450. The van der Waals surface area contributed by atoms with Gasteiger partial charge in [0.15, 0.2) is 11.5 Å². The van der Waals surface area contributed by atoms with Crippen LogP contribution < -0.4 is 14.8 Å². The summed E-state index contributed by atoms with van der Waals surface area (Å²) in [5.41, 5.74) is 0.839. The van der Waals surface area contributed by atoms with Crippen LogP contribution in [0.5, 0.6) is 11.5 Å². The molecule has 148 valence electrons. The topological polar surface area (TPSA) is 73.9 Å². The lowest BCUT2D eigenvalue weighted by atomic mass is 10.0. The molecule has 0 fully saturated rings. The van der Waals surface area contributed by atoms with Gasteiger partial charge in [-0.05, 0) is 35.9 Å². The van der Waals surface area contributed by atoms with Gasteiger partial charge in [-0.1, -0.05) is 28.1 Å². The SMILES string of the molecule is COC(=O)CC(NC(=O)CSc1ccc2c(c1)OCCO2)c1ccc(Br)cc1. The van der Waals surface area contributed by atoms with Crippen molar-refractivity contribution in [2.45, 2.75) is 17.4 Å². The molecule has 0 radical (unpaired) electrons. The van der Waals surface area contributed by atoms with Crippen LogP contribution in [0, 0.1) is 0 Å². The van der Waals surface area contributed by atoms with Crippen LogP contribution in [0.2, 0.25) is 0 Å². The first kappa shape index (κ1) is 20.5. The first-order valence-electron chi connectivity index (χ1n) is 8.69. The number of halogens is 1. The highest BCUT2D eigenvalue weighted by Gasteiger charge is 2.19. The monoisotopic (exact) mass is 465 g/mol. The van der Waals surface area contributed by atoms with E-state index < -0.39 is 6.04 Å². The molecule has 28 heavy (non-hydrogen) atoms. The smallest absolute Gasteiger partial charge is 0.307 e. The lowest BCUT2D eigenvalue weighted by Crippen LogP contribution is -2.31. The summed E-state index contributed by atoms with van der Waals surface area (Å²) in [7, 11) is 1.33. The number of methoxy groups -OCH3 is 1. The zero-order valence-electron chi connectivity index (χ0n) is 15.3. The fourth-order valence-corrected chi connectivity index (χ4v) is 3.70. The number of benzene rings is 2. The molecule has 1 aliphatic heterocycles. The third-order valence-electron chi connectivity index (χ3n) is 4.09. The molecule has 2 aromatic carbocycles. The van der Waals surface area contributed by atoms with Gasteiger partial charge in [0.25, 0.3) is 0 Å². The molecule has 0 saturated carbocycles. The van der Waals surface area contributed by atoms with Crippen LogP contribution in [-0.4, -0.2) is 38.0 Å². The Morgan fingerprint density at radius 3 is 2.57 bits per heavy atom. The van der Waals surface area contributed by atoms with E-state index in [-0.39, 0.29) is 24.1 Å². The second kappa shape index (κ2) is 9.84. The van der Waals surface area contributed by atoms with Gasteiger partial charge in [0.1, 0.15) is 13.2 Å². The normalized spacial score (nSPS) is 13.5. The molecule has 0 spiro atoms. The molecule has 1 amide bonds. The quantitative estimate of drug-likeness (QED) is 0.495. The molecular weight excluding hydrogens is 446 g/mol. The Hall–Kier alpha value is -2.19. The predicted octanol–water partition coefficient (Wildman–Crippen LogP) is 3.73. The van der Waals surface area contributed by atoms with E-state index in [9.17, 15) is 9.59 Å². The second-order valence-corrected chi connectivity index (χ2v) is 8.01.